The van der Waals surface area contributed by atoms with Crippen molar-refractivity contribution in [1.29, 1.82) is 0 Å². The molecule has 0 aliphatic heterocycles. The number of carbonyl (C=O) groups excluding carboxylic acids is 1. The van der Waals surface area contributed by atoms with Crippen LogP contribution in [0.25, 0.3) is 10.8 Å². The molecule has 2 aromatic carbocycles. The second kappa shape index (κ2) is 10.8. The van der Waals surface area contributed by atoms with Gasteiger partial charge in [-0.25, -0.2) is 0 Å². The number of ether oxygens (including phenoxy) is 1. The number of esters is 1. The number of nitrogens with one attached hydrogen (secondary N) is 1. The monoisotopic (exact) mass is 327 g/mol. The van der Waals surface area contributed by atoms with Crippen LogP contribution in [-0.4, -0.2) is 25.7 Å². The van der Waals surface area contributed by atoms with E-state index in [1.165, 1.54) is 35.6 Å². The summed E-state index contributed by atoms with van der Waals surface area (Å²) in [6, 6.07) is 15.3. The summed E-state index contributed by atoms with van der Waals surface area (Å²) in [4.78, 5) is 11.2. The maximum absolute atomic E-state index is 11.2. The van der Waals surface area contributed by atoms with E-state index in [9.17, 15) is 4.79 Å². The van der Waals surface area contributed by atoms with E-state index in [4.69, 9.17) is 4.74 Å². The molecule has 3 heteroatoms. The van der Waals surface area contributed by atoms with E-state index in [2.05, 4.69) is 47.8 Å². The predicted octanol–water partition coefficient (Wildman–Crippen LogP) is 4.49. The molecule has 0 saturated heterocycles. The van der Waals surface area contributed by atoms with Crippen molar-refractivity contribution >= 4 is 16.7 Å². The average molecular weight is 327 g/mol. The van der Waals surface area contributed by atoms with E-state index in [0.29, 0.717) is 13.0 Å². The lowest BCUT2D eigenvalue weighted by molar-refractivity contribution is -0.143. The van der Waals surface area contributed by atoms with Gasteiger partial charge in [-0.2, -0.15) is 0 Å². The van der Waals surface area contributed by atoms with Gasteiger partial charge in [0.05, 0.1) is 6.61 Å². The van der Waals surface area contributed by atoms with Crippen molar-refractivity contribution in [2.24, 2.45) is 0 Å². The number of aryl methyl sites for hydroxylation is 1. The summed E-state index contributed by atoms with van der Waals surface area (Å²) in [6.07, 6.45) is 6.17. The number of hydrogen-bond donors (Lipinski definition) is 1. The fourth-order valence-electron chi connectivity index (χ4n) is 2.87. The van der Waals surface area contributed by atoms with Crippen molar-refractivity contribution in [3.05, 3.63) is 48.0 Å². The van der Waals surface area contributed by atoms with Gasteiger partial charge in [-0.05, 0) is 62.0 Å². The Labute approximate surface area is 145 Å². The van der Waals surface area contributed by atoms with Crippen LogP contribution in [0.3, 0.4) is 0 Å². The molecule has 0 spiro atoms. The quantitative estimate of drug-likeness (QED) is 0.488. The van der Waals surface area contributed by atoms with Crippen LogP contribution >= 0.6 is 0 Å². The molecule has 0 heterocycles. The first kappa shape index (κ1) is 18.5. The zero-order valence-corrected chi connectivity index (χ0v) is 14.7. The van der Waals surface area contributed by atoms with Crippen LogP contribution in [0.4, 0.5) is 0 Å². The molecule has 0 atom stereocenters. The van der Waals surface area contributed by atoms with Crippen molar-refractivity contribution in [3.8, 4) is 0 Å². The number of unbranched alkanes of at least 4 members (excludes halogenated alkanes) is 2. The van der Waals surface area contributed by atoms with Gasteiger partial charge in [-0.3, -0.25) is 4.79 Å². The Morgan fingerprint density at radius 3 is 2.58 bits per heavy atom. The average Bonchev–Trinajstić information content (AvgIpc) is 2.60. The molecule has 1 N–H and O–H groups in total. The summed E-state index contributed by atoms with van der Waals surface area (Å²) in [7, 11) is 0. The first-order valence-electron chi connectivity index (χ1n) is 9.13. The zero-order chi connectivity index (χ0) is 17.0. The highest BCUT2D eigenvalue weighted by Gasteiger charge is 2.00. The molecular weight excluding hydrogens is 298 g/mol. The van der Waals surface area contributed by atoms with E-state index >= 15 is 0 Å². The Bertz CT molecular complexity index is 624. The van der Waals surface area contributed by atoms with Gasteiger partial charge in [-0.15, -0.1) is 0 Å². The van der Waals surface area contributed by atoms with E-state index in [1.807, 2.05) is 6.92 Å². The number of rotatable bonds is 11. The summed E-state index contributed by atoms with van der Waals surface area (Å²) < 4.78 is 4.90. The van der Waals surface area contributed by atoms with Crippen LogP contribution in [0.2, 0.25) is 0 Å². The lowest BCUT2D eigenvalue weighted by atomic mass is 10.0. The third kappa shape index (κ3) is 6.71. The fraction of sp³-hybridized carbons (Fsp3) is 0.476. The second-order valence-corrected chi connectivity index (χ2v) is 6.15. The Kier molecular flexibility index (Phi) is 8.33. The van der Waals surface area contributed by atoms with Crippen LogP contribution in [0, 0.1) is 0 Å². The summed E-state index contributed by atoms with van der Waals surface area (Å²) >= 11 is 0. The SMILES string of the molecule is CCOC(=O)CCCNCCCCCc1ccc2ccccc2c1. The molecule has 0 fully saturated rings. The standard InChI is InChI=1S/C21H29NO2/c1-2-24-21(23)12-8-16-22-15-7-3-4-9-18-13-14-19-10-5-6-11-20(19)17-18/h5-6,10-11,13-14,17,22H,2-4,7-9,12,15-16H2,1H3. The molecule has 0 saturated carbocycles. The van der Waals surface area contributed by atoms with Crippen LogP contribution in [-0.2, 0) is 16.0 Å². The molecule has 24 heavy (non-hydrogen) atoms. The first-order chi connectivity index (χ1) is 11.8. The van der Waals surface area contributed by atoms with Crippen LogP contribution < -0.4 is 5.32 Å². The Hall–Kier alpha value is -1.87. The lowest BCUT2D eigenvalue weighted by Crippen LogP contribution is -2.18. The smallest absolute Gasteiger partial charge is 0.305 e. The topological polar surface area (TPSA) is 38.3 Å². The highest BCUT2D eigenvalue weighted by molar-refractivity contribution is 5.82. The molecule has 0 aliphatic carbocycles. The van der Waals surface area contributed by atoms with E-state index in [-0.39, 0.29) is 5.97 Å². The summed E-state index contributed by atoms with van der Waals surface area (Å²) in [6.45, 7) is 4.24. The largest absolute Gasteiger partial charge is 0.466 e. The molecular formula is C21H29NO2. The third-order valence-electron chi connectivity index (χ3n) is 4.17. The van der Waals surface area contributed by atoms with Gasteiger partial charge >= 0.3 is 5.97 Å². The van der Waals surface area contributed by atoms with Gasteiger partial charge < -0.3 is 10.1 Å². The van der Waals surface area contributed by atoms with Crippen molar-refractivity contribution in [2.75, 3.05) is 19.7 Å². The summed E-state index contributed by atoms with van der Waals surface area (Å²) in [5, 5.41) is 6.04. The number of hydrogen-bond acceptors (Lipinski definition) is 3. The third-order valence-corrected chi connectivity index (χ3v) is 4.17. The van der Waals surface area contributed by atoms with Crippen LogP contribution in [0.5, 0.6) is 0 Å². The van der Waals surface area contributed by atoms with Crippen molar-refractivity contribution in [1.82, 2.24) is 5.32 Å². The van der Waals surface area contributed by atoms with Gasteiger partial charge in [-0.1, -0.05) is 48.9 Å². The van der Waals surface area contributed by atoms with Crippen molar-refractivity contribution in [3.63, 3.8) is 0 Å². The molecule has 0 amide bonds. The molecule has 0 bridgehead atoms. The molecule has 0 aromatic heterocycles. The number of benzene rings is 2. The van der Waals surface area contributed by atoms with E-state index in [1.54, 1.807) is 0 Å². The maximum atomic E-state index is 11.2. The lowest BCUT2D eigenvalue weighted by Gasteiger charge is -2.06. The molecule has 3 nitrogen and oxygen atoms in total. The van der Waals surface area contributed by atoms with Gasteiger partial charge in [0.2, 0.25) is 0 Å². The molecule has 0 aliphatic rings. The van der Waals surface area contributed by atoms with Gasteiger partial charge in [0.25, 0.3) is 0 Å². The minimum atomic E-state index is -0.0883. The molecule has 2 rings (SSSR count). The predicted molar refractivity (Wildman–Crippen MR) is 100 cm³/mol. The van der Waals surface area contributed by atoms with Crippen LogP contribution in [0.15, 0.2) is 42.5 Å². The first-order valence-corrected chi connectivity index (χ1v) is 9.13. The van der Waals surface area contributed by atoms with E-state index in [0.717, 1.165) is 25.9 Å². The minimum Gasteiger partial charge on any atom is -0.466 e. The normalized spacial score (nSPS) is 10.9. The van der Waals surface area contributed by atoms with Gasteiger partial charge in [0.15, 0.2) is 0 Å². The highest BCUT2D eigenvalue weighted by atomic mass is 16.5. The number of fused-ring (bicyclic) bond motifs is 1. The Morgan fingerprint density at radius 2 is 1.75 bits per heavy atom. The number of carbonyl (C=O) groups is 1. The molecule has 0 radical (unpaired) electrons. The maximum Gasteiger partial charge on any atom is 0.305 e. The van der Waals surface area contributed by atoms with Crippen molar-refractivity contribution in [2.45, 2.75) is 45.4 Å². The van der Waals surface area contributed by atoms with Crippen molar-refractivity contribution < 1.29 is 9.53 Å². The van der Waals surface area contributed by atoms with Crippen LogP contribution in [0.1, 0.15) is 44.6 Å². The minimum absolute atomic E-state index is 0.0883. The Balaban J connectivity index is 1.51. The molecule has 130 valence electrons. The zero-order valence-electron chi connectivity index (χ0n) is 14.7. The highest BCUT2D eigenvalue weighted by Crippen LogP contribution is 2.17. The second-order valence-electron chi connectivity index (χ2n) is 6.15. The van der Waals surface area contributed by atoms with E-state index < -0.39 is 0 Å². The van der Waals surface area contributed by atoms with Gasteiger partial charge in [0.1, 0.15) is 0 Å². The molecule has 0 unspecified atom stereocenters. The molecule has 2 aromatic rings. The van der Waals surface area contributed by atoms with Gasteiger partial charge in [0, 0.05) is 6.42 Å². The summed E-state index contributed by atoms with van der Waals surface area (Å²) in [5.74, 6) is -0.0883. The Morgan fingerprint density at radius 1 is 0.958 bits per heavy atom. The fourth-order valence-corrected chi connectivity index (χ4v) is 2.87. The summed E-state index contributed by atoms with van der Waals surface area (Å²) in [5.41, 5.74) is 1.43.